The van der Waals surface area contributed by atoms with Crippen LogP contribution in [0.5, 0.6) is 0 Å². The molecule has 5 nitrogen and oxygen atoms in total. The third-order valence-electron chi connectivity index (χ3n) is 3.27. The fourth-order valence-electron chi connectivity index (χ4n) is 2.05. The van der Waals surface area contributed by atoms with Crippen LogP contribution in [-0.2, 0) is 11.3 Å². The van der Waals surface area contributed by atoms with Crippen molar-refractivity contribution in [2.24, 2.45) is 5.73 Å². The highest BCUT2D eigenvalue weighted by molar-refractivity contribution is 5.94. The molecule has 0 atom stereocenters. The number of hydrogen-bond donors (Lipinski definition) is 2. The van der Waals surface area contributed by atoms with Gasteiger partial charge in [-0.2, -0.15) is 0 Å². The Morgan fingerprint density at radius 2 is 1.81 bits per heavy atom. The van der Waals surface area contributed by atoms with Crippen LogP contribution in [-0.4, -0.2) is 50.2 Å². The lowest BCUT2D eigenvalue weighted by molar-refractivity contribution is 0.0383. The SMILES string of the molecule is Cl.Cl.NCc1ccc(C(=O)NCCN2CCOCC2)cc1. The predicted molar refractivity (Wildman–Crippen MR) is 88.4 cm³/mol. The summed E-state index contributed by atoms with van der Waals surface area (Å²) in [6, 6.07) is 7.40. The van der Waals surface area contributed by atoms with E-state index in [9.17, 15) is 4.79 Å². The third-order valence-corrected chi connectivity index (χ3v) is 3.27. The number of amides is 1. The number of halogens is 2. The molecule has 3 N–H and O–H groups in total. The zero-order chi connectivity index (χ0) is 13.5. The molecule has 2 rings (SSSR count). The highest BCUT2D eigenvalue weighted by Gasteiger charge is 2.10. The quantitative estimate of drug-likeness (QED) is 0.844. The number of nitrogens with one attached hydrogen (secondary N) is 1. The molecule has 7 heteroatoms. The molecule has 0 aliphatic carbocycles. The van der Waals surface area contributed by atoms with Crippen molar-refractivity contribution < 1.29 is 9.53 Å². The minimum atomic E-state index is -0.0307. The fourth-order valence-corrected chi connectivity index (χ4v) is 2.05. The summed E-state index contributed by atoms with van der Waals surface area (Å²) >= 11 is 0. The topological polar surface area (TPSA) is 67.6 Å². The van der Waals surface area contributed by atoms with Gasteiger partial charge in [-0.1, -0.05) is 12.1 Å². The Kier molecular flexibility index (Phi) is 10.4. The predicted octanol–water partition coefficient (Wildman–Crippen LogP) is 1.05. The molecule has 120 valence electrons. The van der Waals surface area contributed by atoms with Crippen LogP contribution in [0.4, 0.5) is 0 Å². The molecule has 0 saturated carbocycles. The van der Waals surface area contributed by atoms with Crippen LogP contribution >= 0.6 is 24.8 Å². The Hall–Kier alpha value is -0.850. The van der Waals surface area contributed by atoms with E-state index in [4.69, 9.17) is 10.5 Å². The largest absolute Gasteiger partial charge is 0.379 e. The molecule has 0 spiro atoms. The van der Waals surface area contributed by atoms with E-state index in [2.05, 4.69) is 10.2 Å². The van der Waals surface area contributed by atoms with Gasteiger partial charge in [-0.25, -0.2) is 0 Å². The molecule has 0 bridgehead atoms. The number of carbonyl (C=O) groups is 1. The number of nitrogens with zero attached hydrogens (tertiary/aromatic N) is 1. The lowest BCUT2D eigenvalue weighted by Gasteiger charge is -2.26. The number of nitrogens with two attached hydrogens (primary N) is 1. The Bertz CT molecular complexity index is 409. The van der Waals surface area contributed by atoms with Gasteiger partial charge in [0, 0.05) is 38.3 Å². The van der Waals surface area contributed by atoms with Gasteiger partial charge < -0.3 is 15.8 Å². The molecular formula is C14H23Cl2N3O2. The zero-order valence-corrected chi connectivity index (χ0v) is 13.5. The first-order valence-corrected chi connectivity index (χ1v) is 6.67. The molecular weight excluding hydrogens is 313 g/mol. The molecule has 1 fully saturated rings. The van der Waals surface area contributed by atoms with Crippen molar-refractivity contribution >= 4 is 30.7 Å². The van der Waals surface area contributed by atoms with Crippen LogP contribution in [0.15, 0.2) is 24.3 Å². The number of rotatable bonds is 5. The monoisotopic (exact) mass is 335 g/mol. The molecule has 1 aliphatic heterocycles. The van der Waals surface area contributed by atoms with Crippen LogP contribution in [0.1, 0.15) is 15.9 Å². The highest BCUT2D eigenvalue weighted by Crippen LogP contribution is 2.03. The second-order valence-electron chi connectivity index (χ2n) is 4.61. The lowest BCUT2D eigenvalue weighted by Crippen LogP contribution is -2.41. The number of hydrogen-bond acceptors (Lipinski definition) is 4. The van der Waals surface area contributed by atoms with E-state index >= 15 is 0 Å². The van der Waals surface area contributed by atoms with Crippen LogP contribution in [0.3, 0.4) is 0 Å². The molecule has 1 saturated heterocycles. The van der Waals surface area contributed by atoms with E-state index in [0.29, 0.717) is 18.7 Å². The van der Waals surface area contributed by atoms with Gasteiger partial charge in [0.2, 0.25) is 0 Å². The molecule has 0 radical (unpaired) electrons. The Balaban J connectivity index is 0.00000200. The summed E-state index contributed by atoms with van der Waals surface area (Å²) in [5.41, 5.74) is 7.23. The van der Waals surface area contributed by atoms with E-state index in [0.717, 1.165) is 38.4 Å². The normalized spacial score (nSPS) is 14.7. The molecule has 1 amide bonds. The van der Waals surface area contributed by atoms with E-state index in [1.54, 1.807) is 0 Å². The summed E-state index contributed by atoms with van der Waals surface area (Å²) in [6.45, 7) is 5.50. The molecule has 0 unspecified atom stereocenters. The third kappa shape index (κ3) is 6.63. The smallest absolute Gasteiger partial charge is 0.251 e. The van der Waals surface area contributed by atoms with Crippen LogP contribution < -0.4 is 11.1 Å². The Morgan fingerprint density at radius 1 is 1.19 bits per heavy atom. The van der Waals surface area contributed by atoms with Crippen molar-refractivity contribution in [3.8, 4) is 0 Å². The first-order chi connectivity index (χ1) is 9.29. The summed E-state index contributed by atoms with van der Waals surface area (Å²) in [5, 5.41) is 2.93. The van der Waals surface area contributed by atoms with Gasteiger partial charge in [-0.15, -0.1) is 24.8 Å². The van der Waals surface area contributed by atoms with Gasteiger partial charge in [0.15, 0.2) is 0 Å². The minimum Gasteiger partial charge on any atom is -0.379 e. The Labute approximate surface area is 138 Å². The number of carbonyl (C=O) groups excluding carboxylic acids is 1. The lowest BCUT2D eigenvalue weighted by atomic mass is 10.1. The average Bonchev–Trinajstić information content (AvgIpc) is 2.48. The average molecular weight is 336 g/mol. The van der Waals surface area contributed by atoms with Crippen molar-refractivity contribution in [2.45, 2.75) is 6.54 Å². The first kappa shape index (κ1) is 20.1. The van der Waals surface area contributed by atoms with Crippen molar-refractivity contribution in [3.05, 3.63) is 35.4 Å². The number of benzene rings is 1. The second kappa shape index (κ2) is 10.8. The van der Waals surface area contributed by atoms with Gasteiger partial charge in [-0.3, -0.25) is 9.69 Å². The van der Waals surface area contributed by atoms with E-state index in [-0.39, 0.29) is 30.7 Å². The summed E-state index contributed by atoms with van der Waals surface area (Å²) in [6.07, 6.45) is 0. The second-order valence-corrected chi connectivity index (χ2v) is 4.61. The fraction of sp³-hybridized carbons (Fsp3) is 0.500. The Morgan fingerprint density at radius 3 is 2.38 bits per heavy atom. The van der Waals surface area contributed by atoms with Gasteiger partial charge in [-0.05, 0) is 17.7 Å². The van der Waals surface area contributed by atoms with Gasteiger partial charge in [0.05, 0.1) is 13.2 Å². The van der Waals surface area contributed by atoms with Crippen molar-refractivity contribution in [1.82, 2.24) is 10.2 Å². The van der Waals surface area contributed by atoms with E-state index < -0.39 is 0 Å². The summed E-state index contributed by atoms with van der Waals surface area (Å²) in [7, 11) is 0. The number of morpholine rings is 1. The highest BCUT2D eigenvalue weighted by atomic mass is 35.5. The van der Waals surface area contributed by atoms with Crippen LogP contribution in [0, 0.1) is 0 Å². The molecule has 1 aromatic carbocycles. The maximum atomic E-state index is 11.9. The summed E-state index contributed by atoms with van der Waals surface area (Å²) in [4.78, 5) is 14.2. The maximum absolute atomic E-state index is 11.9. The van der Waals surface area contributed by atoms with Gasteiger partial charge in [0.25, 0.3) is 5.91 Å². The standard InChI is InChI=1S/C14H21N3O2.2ClH/c15-11-12-1-3-13(4-2-12)14(18)16-5-6-17-7-9-19-10-8-17;;/h1-4H,5-11,15H2,(H,16,18);2*1H. The van der Waals surface area contributed by atoms with E-state index in [1.807, 2.05) is 24.3 Å². The number of ether oxygens (including phenoxy) is 1. The molecule has 1 aliphatic rings. The van der Waals surface area contributed by atoms with Crippen molar-refractivity contribution in [1.29, 1.82) is 0 Å². The van der Waals surface area contributed by atoms with Crippen molar-refractivity contribution in [2.75, 3.05) is 39.4 Å². The van der Waals surface area contributed by atoms with Gasteiger partial charge >= 0.3 is 0 Å². The van der Waals surface area contributed by atoms with Gasteiger partial charge in [0.1, 0.15) is 0 Å². The van der Waals surface area contributed by atoms with Crippen molar-refractivity contribution in [3.63, 3.8) is 0 Å². The van der Waals surface area contributed by atoms with Crippen LogP contribution in [0.2, 0.25) is 0 Å². The summed E-state index contributed by atoms with van der Waals surface area (Å²) in [5.74, 6) is -0.0307. The molecule has 1 aromatic rings. The molecule has 1 heterocycles. The minimum absolute atomic E-state index is 0. The zero-order valence-electron chi connectivity index (χ0n) is 11.9. The van der Waals surface area contributed by atoms with Crippen LogP contribution in [0.25, 0.3) is 0 Å². The van der Waals surface area contributed by atoms with E-state index in [1.165, 1.54) is 0 Å². The molecule has 21 heavy (non-hydrogen) atoms. The maximum Gasteiger partial charge on any atom is 0.251 e. The summed E-state index contributed by atoms with van der Waals surface area (Å²) < 4.78 is 5.28. The molecule has 0 aromatic heterocycles. The first-order valence-electron chi connectivity index (χ1n) is 6.67.